The molecule has 1 fully saturated rings. The molecule has 0 spiro atoms. The third kappa shape index (κ3) is 2.67. The third-order valence-corrected chi connectivity index (χ3v) is 4.58. The minimum atomic E-state index is 0.472. The normalized spacial score (nSPS) is 21.6. The Morgan fingerprint density at radius 1 is 1.09 bits per heavy atom. The lowest BCUT2D eigenvalue weighted by atomic mass is 9.86. The van der Waals surface area contributed by atoms with Crippen molar-refractivity contribution >= 4 is 16.7 Å². The maximum Gasteiger partial charge on any atom is 0.187 e. The minimum absolute atomic E-state index is 0.472. The lowest BCUT2D eigenvalue weighted by molar-refractivity contribution is 0.349. The highest BCUT2D eigenvalue weighted by Gasteiger charge is 2.22. The Labute approximate surface area is 131 Å². The molecule has 118 valence electrons. The molecule has 1 aliphatic carbocycles. The van der Waals surface area contributed by atoms with Gasteiger partial charge in [-0.15, -0.1) is 0 Å². The number of hydrogen-bond acceptors (Lipinski definition) is 5. The van der Waals surface area contributed by atoms with Gasteiger partial charge in [-0.05, 0) is 30.9 Å². The fraction of sp³-hybridized carbons (Fsp3) is 0.529. The van der Waals surface area contributed by atoms with Crippen molar-refractivity contribution in [2.24, 2.45) is 5.92 Å². The van der Waals surface area contributed by atoms with Gasteiger partial charge in [-0.3, -0.25) is 0 Å². The van der Waals surface area contributed by atoms with E-state index in [1.807, 2.05) is 12.1 Å². The van der Waals surface area contributed by atoms with E-state index in [4.69, 9.17) is 9.47 Å². The summed E-state index contributed by atoms with van der Waals surface area (Å²) in [6.07, 6.45) is 6.66. The van der Waals surface area contributed by atoms with Crippen LogP contribution in [0.2, 0.25) is 0 Å². The van der Waals surface area contributed by atoms with Gasteiger partial charge in [0, 0.05) is 11.4 Å². The minimum Gasteiger partial charge on any atom is -0.493 e. The Hall–Kier alpha value is -2.04. The molecule has 0 saturated heterocycles. The van der Waals surface area contributed by atoms with Gasteiger partial charge in [0.25, 0.3) is 0 Å². The number of methoxy groups -OCH3 is 2. The second-order valence-corrected chi connectivity index (χ2v) is 5.93. The van der Waals surface area contributed by atoms with Crippen molar-refractivity contribution in [2.45, 2.75) is 38.6 Å². The van der Waals surface area contributed by atoms with Crippen LogP contribution in [0.3, 0.4) is 0 Å². The van der Waals surface area contributed by atoms with Gasteiger partial charge in [-0.1, -0.05) is 19.8 Å². The summed E-state index contributed by atoms with van der Waals surface area (Å²) < 4.78 is 10.8. The number of benzene rings is 1. The van der Waals surface area contributed by atoms with Gasteiger partial charge < -0.3 is 14.8 Å². The summed E-state index contributed by atoms with van der Waals surface area (Å²) in [5.41, 5.74) is 0.780. The third-order valence-electron chi connectivity index (χ3n) is 4.58. The average molecular weight is 301 g/mol. The first-order chi connectivity index (χ1) is 10.7. The van der Waals surface area contributed by atoms with Crippen molar-refractivity contribution in [2.75, 3.05) is 19.5 Å². The molecule has 5 heteroatoms. The van der Waals surface area contributed by atoms with E-state index < -0.39 is 0 Å². The van der Waals surface area contributed by atoms with Crippen LogP contribution in [0.1, 0.15) is 32.6 Å². The van der Waals surface area contributed by atoms with E-state index in [1.54, 1.807) is 20.5 Å². The molecule has 2 aromatic rings. The zero-order chi connectivity index (χ0) is 15.5. The van der Waals surface area contributed by atoms with Crippen LogP contribution >= 0.6 is 0 Å². The first kappa shape index (κ1) is 14.9. The second kappa shape index (κ2) is 6.38. The number of ether oxygens (including phenoxy) is 2. The summed E-state index contributed by atoms with van der Waals surface area (Å²) in [7, 11) is 3.27. The SMILES string of the molecule is COc1ccc2c(NC3CCCCC3C)ncnc2c1OC. The number of nitrogens with zero attached hydrogens (tertiary/aromatic N) is 2. The van der Waals surface area contributed by atoms with E-state index >= 15 is 0 Å². The zero-order valence-corrected chi connectivity index (χ0v) is 13.4. The van der Waals surface area contributed by atoms with Gasteiger partial charge in [0.1, 0.15) is 17.7 Å². The maximum absolute atomic E-state index is 5.47. The van der Waals surface area contributed by atoms with Crippen LogP contribution in [0.5, 0.6) is 11.5 Å². The highest BCUT2D eigenvalue weighted by atomic mass is 16.5. The Morgan fingerprint density at radius 2 is 1.91 bits per heavy atom. The molecule has 0 radical (unpaired) electrons. The van der Waals surface area contributed by atoms with Crippen molar-refractivity contribution in [3.63, 3.8) is 0 Å². The summed E-state index contributed by atoms with van der Waals surface area (Å²) in [4.78, 5) is 8.83. The van der Waals surface area contributed by atoms with E-state index in [0.717, 1.165) is 16.7 Å². The molecule has 5 nitrogen and oxygen atoms in total. The molecule has 1 aliphatic rings. The van der Waals surface area contributed by atoms with Gasteiger partial charge >= 0.3 is 0 Å². The van der Waals surface area contributed by atoms with Crippen LogP contribution in [0.4, 0.5) is 5.82 Å². The van der Waals surface area contributed by atoms with E-state index in [9.17, 15) is 0 Å². The Kier molecular flexibility index (Phi) is 4.32. The molecule has 1 N–H and O–H groups in total. The highest BCUT2D eigenvalue weighted by molar-refractivity contribution is 5.94. The Balaban J connectivity index is 2.00. The largest absolute Gasteiger partial charge is 0.493 e. The van der Waals surface area contributed by atoms with Crippen LogP contribution in [0.15, 0.2) is 18.5 Å². The molecular weight excluding hydrogens is 278 g/mol. The van der Waals surface area contributed by atoms with Gasteiger partial charge in [0.15, 0.2) is 11.5 Å². The van der Waals surface area contributed by atoms with E-state index in [-0.39, 0.29) is 0 Å². The summed E-state index contributed by atoms with van der Waals surface area (Å²) >= 11 is 0. The van der Waals surface area contributed by atoms with Gasteiger partial charge in [-0.2, -0.15) is 0 Å². The quantitative estimate of drug-likeness (QED) is 0.934. The molecule has 3 rings (SSSR count). The first-order valence-corrected chi connectivity index (χ1v) is 7.86. The number of aromatic nitrogens is 2. The molecular formula is C17H23N3O2. The molecule has 2 atom stereocenters. The summed E-state index contributed by atoms with van der Waals surface area (Å²) in [6, 6.07) is 4.37. The monoisotopic (exact) mass is 301 g/mol. The summed E-state index contributed by atoms with van der Waals surface area (Å²) in [6.45, 7) is 2.31. The van der Waals surface area contributed by atoms with E-state index in [0.29, 0.717) is 23.5 Å². The molecule has 1 aromatic heterocycles. The Morgan fingerprint density at radius 3 is 2.64 bits per heavy atom. The van der Waals surface area contributed by atoms with Crippen LogP contribution in [-0.2, 0) is 0 Å². The molecule has 0 bridgehead atoms. The number of hydrogen-bond donors (Lipinski definition) is 1. The molecule has 0 aliphatic heterocycles. The van der Waals surface area contributed by atoms with Crippen LogP contribution in [0.25, 0.3) is 10.9 Å². The van der Waals surface area contributed by atoms with E-state index in [2.05, 4.69) is 22.2 Å². The predicted molar refractivity (Wildman–Crippen MR) is 87.7 cm³/mol. The van der Waals surface area contributed by atoms with Crippen LogP contribution in [-0.4, -0.2) is 30.2 Å². The van der Waals surface area contributed by atoms with Gasteiger partial charge in [0.05, 0.1) is 14.2 Å². The molecule has 22 heavy (non-hydrogen) atoms. The molecule has 1 aromatic carbocycles. The number of rotatable bonds is 4. The topological polar surface area (TPSA) is 56.3 Å². The average Bonchev–Trinajstić information content (AvgIpc) is 2.56. The van der Waals surface area contributed by atoms with Crippen LogP contribution < -0.4 is 14.8 Å². The fourth-order valence-corrected chi connectivity index (χ4v) is 3.27. The van der Waals surface area contributed by atoms with Crippen molar-refractivity contribution < 1.29 is 9.47 Å². The second-order valence-electron chi connectivity index (χ2n) is 5.93. The lowest BCUT2D eigenvalue weighted by Gasteiger charge is -2.30. The van der Waals surface area contributed by atoms with Gasteiger partial charge in [0.2, 0.25) is 0 Å². The number of fused-ring (bicyclic) bond motifs is 1. The first-order valence-electron chi connectivity index (χ1n) is 7.86. The Bertz CT molecular complexity index is 660. The number of nitrogens with one attached hydrogen (secondary N) is 1. The highest BCUT2D eigenvalue weighted by Crippen LogP contribution is 2.37. The smallest absolute Gasteiger partial charge is 0.187 e. The predicted octanol–water partition coefficient (Wildman–Crippen LogP) is 3.64. The number of anilines is 1. The summed E-state index contributed by atoms with van der Waals surface area (Å²) in [5.74, 6) is 2.89. The fourth-order valence-electron chi connectivity index (χ4n) is 3.27. The lowest BCUT2D eigenvalue weighted by Crippen LogP contribution is -2.30. The van der Waals surface area contributed by atoms with Crippen molar-refractivity contribution in [1.29, 1.82) is 0 Å². The van der Waals surface area contributed by atoms with Crippen molar-refractivity contribution in [3.05, 3.63) is 18.5 Å². The molecule has 0 amide bonds. The van der Waals surface area contributed by atoms with E-state index in [1.165, 1.54) is 25.7 Å². The standard InChI is InChI=1S/C17H23N3O2/c1-11-6-4-5-7-13(11)20-17-12-8-9-14(21-2)16(22-3)15(12)18-10-19-17/h8-11,13H,4-7H2,1-3H3,(H,18,19,20). The molecule has 1 heterocycles. The zero-order valence-electron chi connectivity index (χ0n) is 13.4. The van der Waals surface area contributed by atoms with Gasteiger partial charge in [-0.25, -0.2) is 9.97 Å². The maximum atomic E-state index is 5.47. The molecule has 1 saturated carbocycles. The van der Waals surface area contributed by atoms with Crippen molar-refractivity contribution in [3.8, 4) is 11.5 Å². The van der Waals surface area contributed by atoms with Crippen molar-refractivity contribution in [1.82, 2.24) is 9.97 Å². The molecule has 2 unspecified atom stereocenters. The van der Waals surface area contributed by atoms with Crippen LogP contribution in [0, 0.1) is 5.92 Å². The summed E-state index contributed by atoms with van der Waals surface area (Å²) in [5, 5.41) is 4.59.